The summed E-state index contributed by atoms with van der Waals surface area (Å²) in [7, 11) is 3.64. The van der Waals surface area contributed by atoms with Gasteiger partial charge in [-0.25, -0.2) is 4.98 Å². The third-order valence-corrected chi connectivity index (χ3v) is 3.96. The first kappa shape index (κ1) is 14.3. The van der Waals surface area contributed by atoms with Gasteiger partial charge in [0.15, 0.2) is 0 Å². The second-order valence-corrected chi connectivity index (χ2v) is 5.42. The molecule has 5 nitrogen and oxygen atoms in total. The highest BCUT2D eigenvalue weighted by atomic mass is 16.5. The summed E-state index contributed by atoms with van der Waals surface area (Å²) in [6.45, 7) is 1.64. The van der Waals surface area contributed by atoms with Gasteiger partial charge in [0.05, 0.1) is 38.2 Å². The molecule has 0 amide bonds. The van der Waals surface area contributed by atoms with Crippen LogP contribution in [-0.4, -0.2) is 54.5 Å². The minimum Gasteiger partial charge on any atom is -0.494 e. The molecule has 2 atom stereocenters. The molecule has 0 unspecified atom stereocenters. The van der Waals surface area contributed by atoms with Crippen molar-refractivity contribution in [3.05, 3.63) is 36.0 Å². The number of benzene rings is 1. The maximum atomic E-state index is 9.88. The SMILES string of the molecule is COc1cccc2ccc(CN(C)[C@H]3COC[C@@H]3O)nc12. The second-order valence-electron chi connectivity index (χ2n) is 5.42. The molecule has 1 aliphatic rings. The number of para-hydroxylation sites is 1. The van der Waals surface area contributed by atoms with Crippen LogP contribution < -0.4 is 4.74 Å². The third-order valence-electron chi connectivity index (χ3n) is 3.96. The maximum absolute atomic E-state index is 9.88. The lowest BCUT2D eigenvalue weighted by Gasteiger charge is -2.25. The quantitative estimate of drug-likeness (QED) is 0.922. The topological polar surface area (TPSA) is 54.8 Å². The predicted molar refractivity (Wildman–Crippen MR) is 80.4 cm³/mol. The van der Waals surface area contributed by atoms with Crippen LogP contribution in [-0.2, 0) is 11.3 Å². The Morgan fingerprint density at radius 2 is 2.19 bits per heavy atom. The van der Waals surface area contributed by atoms with Gasteiger partial charge >= 0.3 is 0 Å². The van der Waals surface area contributed by atoms with Gasteiger partial charge in [0, 0.05) is 11.9 Å². The number of hydrogen-bond donors (Lipinski definition) is 1. The first-order valence-corrected chi connectivity index (χ1v) is 7.07. The van der Waals surface area contributed by atoms with Crippen molar-refractivity contribution in [1.29, 1.82) is 0 Å². The lowest BCUT2D eigenvalue weighted by atomic mass is 10.1. The van der Waals surface area contributed by atoms with E-state index in [1.54, 1.807) is 7.11 Å². The van der Waals surface area contributed by atoms with Gasteiger partial charge in [-0.1, -0.05) is 18.2 Å². The molecular weight excluding hydrogens is 268 g/mol. The fourth-order valence-corrected chi connectivity index (χ4v) is 2.74. The van der Waals surface area contributed by atoms with Crippen LogP contribution in [0.3, 0.4) is 0 Å². The van der Waals surface area contributed by atoms with E-state index in [0.717, 1.165) is 22.3 Å². The molecule has 1 saturated heterocycles. The van der Waals surface area contributed by atoms with Crippen molar-refractivity contribution in [2.75, 3.05) is 27.4 Å². The highest BCUT2D eigenvalue weighted by Gasteiger charge is 2.29. The fraction of sp³-hybridized carbons (Fsp3) is 0.438. The molecule has 112 valence electrons. The number of aliphatic hydroxyl groups excluding tert-OH is 1. The number of hydrogen-bond acceptors (Lipinski definition) is 5. The number of fused-ring (bicyclic) bond motifs is 1. The number of aliphatic hydroxyl groups is 1. The van der Waals surface area contributed by atoms with E-state index < -0.39 is 6.10 Å². The van der Waals surface area contributed by atoms with Gasteiger partial charge in [-0.15, -0.1) is 0 Å². The Bertz CT molecular complexity index is 632. The monoisotopic (exact) mass is 288 g/mol. The van der Waals surface area contributed by atoms with E-state index in [-0.39, 0.29) is 6.04 Å². The molecule has 1 fully saturated rings. The van der Waals surface area contributed by atoms with Crippen molar-refractivity contribution in [1.82, 2.24) is 9.88 Å². The van der Waals surface area contributed by atoms with Gasteiger partial charge in [-0.3, -0.25) is 4.90 Å². The van der Waals surface area contributed by atoms with Crippen molar-refractivity contribution in [3.8, 4) is 5.75 Å². The van der Waals surface area contributed by atoms with Gasteiger partial charge in [-0.2, -0.15) is 0 Å². The first-order valence-electron chi connectivity index (χ1n) is 7.07. The van der Waals surface area contributed by atoms with Crippen LogP contribution >= 0.6 is 0 Å². The molecule has 2 aromatic rings. The van der Waals surface area contributed by atoms with Crippen LogP contribution in [0.25, 0.3) is 10.9 Å². The van der Waals surface area contributed by atoms with E-state index in [0.29, 0.717) is 19.8 Å². The molecule has 0 saturated carbocycles. The largest absolute Gasteiger partial charge is 0.494 e. The van der Waals surface area contributed by atoms with Gasteiger partial charge in [-0.05, 0) is 19.2 Å². The van der Waals surface area contributed by atoms with E-state index in [4.69, 9.17) is 14.5 Å². The molecule has 0 radical (unpaired) electrons. The zero-order valence-corrected chi connectivity index (χ0v) is 12.3. The Morgan fingerprint density at radius 3 is 2.90 bits per heavy atom. The molecule has 1 aromatic carbocycles. The van der Waals surface area contributed by atoms with Gasteiger partial charge in [0.1, 0.15) is 11.3 Å². The predicted octanol–water partition coefficient (Wildman–Crippen LogP) is 1.43. The Morgan fingerprint density at radius 1 is 1.33 bits per heavy atom. The van der Waals surface area contributed by atoms with Crippen molar-refractivity contribution in [2.24, 2.45) is 0 Å². The van der Waals surface area contributed by atoms with E-state index >= 15 is 0 Å². The highest BCUT2D eigenvalue weighted by molar-refractivity contribution is 5.84. The van der Waals surface area contributed by atoms with Gasteiger partial charge in [0.2, 0.25) is 0 Å². The minimum absolute atomic E-state index is 0.0279. The molecule has 21 heavy (non-hydrogen) atoms. The van der Waals surface area contributed by atoms with Crippen molar-refractivity contribution in [2.45, 2.75) is 18.7 Å². The van der Waals surface area contributed by atoms with E-state index in [1.807, 2.05) is 31.3 Å². The average Bonchev–Trinajstić information content (AvgIpc) is 2.92. The second kappa shape index (κ2) is 5.97. The zero-order valence-electron chi connectivity index (χ0n) is 12.3. The fourth-order valence-electron chi connectivity index (χ4n) is 2.74. The molecule has 1 N–H and O–H groups in total. The summed E-state index contributed by atoms with van der Waals surface area (Å²) in [6.07, 6.45) is -0.426. The van der Waals surface area contributed by atoms with Crippen LogP contribution in [0, 0.1) is 0 Å². The Balaban J connectivity index is 1.84. The summed E-state index contributed by atoms with van der Waals surface area (Å²) >= 11 is 0. The van der Waals surface area contributed by atoms with Crippen LogP contribution in [0.1, 0.15) is 5.69 Å². The summed E-state index contributed by atoms with van der Waals surface area (Å²) in [6, 6.07) is 9.99. The normalized spacial score (nSPS) is 22.1. The number of ether oxygens (including phenoxy) is 2. The molecular formula is C16H20N2O3. The maximum Gasteiger partial charge on any atom is 0.145 e. The summed E-state index contributed by atoms with van der Waals surface area (Å²) < 4.78 is 10.7. The Kier molecular flexibility index (Phi) is 4.05. The Hall–Kier alpha value is -1.69. The standard InChI is InChI=1S/C16H20N2O3/c1-18(13-9-21-10-14(13)19)8-12-7-6-11-4-3-5-15(20-2)16(11)17-12/h3-7,13-14,19H,8-10H2,1-2H3/t13-,14-/m0/s1. The molecule has 5 heteroatoms. The number of aromatic nitrogens is 1. The lowest BCUT2D eigenvalue weighted by molar-refractivity contribution is 0.0920. The number of likely N-dealkylation sites (N-methyl/N-ethyl adjacent to an activating group) is 1. The highest BCUT2D eigenvalue weighted by Crippen LogP contribution is 2.24. The van der Waals surface area contributed by atoms with Gasteiger partial charge in [0.25, 0.3) is 0 Å². The molecule has 3 rings (SSSR count). The first-order chi connectivity index (χ1) is 10.2. The van der Waals surface area contributed by atoms with Crippen LogP contribution in [0.4, 0.5) is 0 Å². The van der Waals surface area contributed by atoms with E-state index in [1.165, 1.54) is 0 Å². The van der Waals surface area contributed by atoms with Crippen LogP contribution in [0.15, 0.2) is 30.3 Å². The van der Waals surface area contributed by atoms with E-state index in [2.05, 4.69) is 11.0 Å². The summed E-state index contributed by atoms with van der Waals surface area (Å²) in [5.74, 6) is 0.779. The number of pyridine rings is 1. The van der Waals surface area contributed by atoms with Crippen molar-refractivity contribution >= 4 is 10.9 Å². The smallest absolute Gasteiger partial charge is 0.145 e. The van der Waals surface area contributed by atoms with E-state index in [9.17, 15) is 5.11 Å². The summed E-state index contributed by atoms with van der Waals surface area (Å²) in [5.41, 5.74) is 1.82. The van der Waals surface area contributed by atoms with Crippen LogP contribution in [0.5, 0.6) is 5.75 Å². The number of methoxy groups -OCH3 is 1. The minimum atomic E-state index is -0.426. The lowest BCUT2D eigenvalue weighted by Crippen LogP contribution is -2.40. The summed E-state index contributed by atoms with van der Waals surface area (Å²) in [4.78, 5) is 6.78. The number of nitrogens with zero attached hydrogens (tertiary/aromatic N) is 2. The summed E-state index contributed by atoms with van der Waals surface area (Å²) in [5, 5.41) is 10.9. The molecule has 2 heterocycles. The average molecular weight is 288 g/mol. The molecule has 1 aromatic heterocycles. The van der Waals surface area contributed by atoms with Crippen LogP contribution in [0.2, 0.25) is 0 Å². The Labute approximate surface area is 124 Å². The zero-order chi connectivity index (χ0) is 14.8. The molecule has 0 spiro atoms. The molecule has 0 aliphatic carbocycles. The third kappa shape index (κ3) is 2.85. The number of rotatable bonds is 4. The van der Waals surface area contributed by atoms with Crippen molar-refractivity contribution < 1.29 is 14.6 Å². The molecule has 0 bridgehead atoms. The van der Waals surface area contributed by atoms with Gasteiger partial charge < -0.3 is 14.6 Å². The molecule has 1 aliphatic heterocycles. The van der Waals surface area contributed by atoms with Crippen molar-refractivity contribution in [3.63, 3.8) is 0 Å².